The summed E-state index contributed by atoms with van der Waals surface area (Å²) in [5.74, 6) is -1.01. The van der Waals surface area contributed by atoms with Gasteiger partial charge < -0.3 is 4.57 Å². The second-order valence-electron chi connectivity index (χ2n) is 8.80. The van der Waals surface area contributed by atoms with E-state index in [2.05, 4.69) is 65.4 Å². The Hall–Kier alpha value is -3.20. The van der Waals surface area contributed by atoms with E-state index >= 15 is 0 Å². The highest BCUT2D eigenvalue weighted by atomic mass is 127. The zero-order valence-electron chi connectivity index (χ0n) is 19.8. The lowest BCUT2D eigenvalue weighted by Gasteiger charge is -2.26. The molecule has 174 valence electrons. The van der Waals surface area contributed by atoms with Crippen molar-refractivity contribution < 1.29 is 14.4 Å². The van der Waals surface area contributed by atoms with E-state index in [-0.39, 0.29) is 5.57 Å². The van der Waals surface area contributed by atoms with Crippen molar-refractivity contribution in [2.24, 2.45) is 0 Å². The third-order valence-corrected chi connectivity index (χ3v) is 7.30. The SMILES string of the molecule is Cc1cc(-n2c(C)cc(/C=C3\C(=O)NC(=O)N(c4ccc(C(C)C)cc4)C3=O)c2C)ccc1I. The number of urea groups is 1. The number of halogens is 1. The van der Waals surface area contributed by atoms with Crippen LogP contribution in [0.25, 0.3) is 11.8 Å². The van der Waals surface area contributed by atoms with Gasteiger partial charge in [-0.3, -0.25) is 14.9 Å². The van der Waals surface area contributed by atoms with Crippen LogP contribution in [0.3, 0.4) is 0 Å². The number of carbonyl (C=O) groups is 3. The van der Waals surface area contributed by atoms with Crippen molar-refractivity contribution in [1.29, 1.82) is 0 Å². The largest absolute Gasteiger partial charge is 0.335 e. The predicted octanol–water partition coefficient (Wildman–Crippen LogP) is 5.80. The fourth-order valence-corrected chi connectivity index (χ4v) is 4.49. The maximum absolute atomic E-state index is 13.3. The fourth-order valence-electron chi connectivity index (χ4n) is 4.15. The number of carbonyl (C=O) groups excluding carboxylic acids is 3. The Labute approximate surface area is 212 Å². The van der Waals surface area contributed by atoms with E-state index in [4.69, 9.17) is 0 Å². The monoisotopic (exact) mass is 567 g/mol. The number of hydrogen-bond donors (Lipinski definition) is 1. The first-order valence-electron chi connectivity index (χ1n) is 11.1. The van der Waals surface area contributed by atoms with E-state index in [1.54, 1.807) is 18.2 Å². The minimum atomic E-state index is -0.746. The van der Waals surface area contributed by atoms with Crippen LogP contribution in [0.2, 0.25) is 0 Å². The summed E-state index contributed by atoms with van der Waals surface area (Å²) in [6.07, 6.45) is 1.57. The Morgan fingerprint density at radius 3 is 2.18 bits per heavy atom. The molecule has 4 rings (SSSR count). The lowest BCUT2D eigenvalue weighted by molar-refractivity contribution is -0.122. The molecule has 0 unspecified atom stereocenters. The van der Waals surface area contributed by atoms with Gasteiger partial charge in [0.2, 0.25) is 0 Å². The number of hydrogen-bond acceptors (Lipinski definition) is 3. The Bertz CT molecular complexity index is 1350. The summed E-state index contributed by atoms with van der Waals surface area (Å²) in [5.41, 5.74) is 6.25. The lowest BCUT2D eigenvalue weighted by atomic mass is 10.0. The van der Waals surface area contributed by atoms with Crippen LogP contribution in [-0.2, 0) is 9.59 Å². The molecule has 1 aliphatic heterocycles. The van der Waals surface area contributed by atoms with Crippen molar-refractivity contribution in [2.75, 3.05) is 4.90 Å². The zero-order chi connectivity index (χ0) is 24.7. The second-order valence-corrected chi connectivity index (χ2v) is 9.96. The number of imide groups is 2. The van der Waals surface area contributed by atoms with Gasteiger partial charge in [-0.25, -0.2) is 9.69 Å². The van der Waals surface area contributed by atoms with Crippen LogP contribution in [-0.4, -0.2) is 22.4 Å². The van der Waals surface area contributed by atoms with Crippen LogP contribution in [0.15, 0.2) is 54.1 Å². The van der Waals surface area contributed by atoms with Crippen molar-refractivity contribution in [1.82, 2.24) is 9.88 Å². The van der Waals surface area contributed by atoms with E-state index in [1.807, 2.05) is 38.1 Å². The van der Waals surface area contributed by atoms with Crippen molar-refractivity contribution in [2.45, 2.75) is 40.5 Å². The van der Waals surface area contributed by atoms with Gasteiger partial charge in [0.15, 0.2) is 0 Å². The third-order valence-electron chi connectivity index (χ3n) is 6.09. The molecular formula is C27H26IN3O3. The highest BCUT2D eigenvalue weighted by molar-refractivity contribution is 14.1. The quantitative estimate of drug-likeness (QED) is 0.246. The Balaban J connectivity index is 1.73. The van der Waals surface area contributed by atoms with E-state index < -0.39 is 17.8 Å². The lowest BCUT2D eigenvalue weighted by Crippen LogP contribution is -2.54. The standard InChI is InChI=1S/C27H26IN3O3/c1-15(2)19-6-8-21(9-7-19)31-26(33)23(25(32)29-27(31)34)14-20-13-17(4)30(18(20)5)22-10-11-24(28)16(3)12-22/h6-15H,1-5H3,(H,29,32,34)/b23-14+. The highest BCUT2D eigenvalue weighted by Crippen LogP contribution is 2.28. The number of benzene rings is 2. The summed E-state index contributed by atoms with van der Waals surface area (Å²) < 4.78 is 3.27. The molecule has 7 heteroatoms. The zero-order valence-corrected chi connectivity index (χ0v) is 21.9. The van der Waals surface area contributed by atoms with Gasteiger partial charge in [-0.15, -0.1) is 0 Å². The number of aryl methyl sites for hydroxylation is 2. The average molecular weight is 567 g/mol. The Morgan fingerprint density at radius 1 is 0.912 bits per heavy atom. The number of anilines is 1. The van der Waals surface area contributed by atoms with Gasteiger partial charge in [0, 0.05) is 20.6 Å². The molecule has 0 radical (unpaired) electrons. The molecule has 1 aromatic heterocycles. The van der Waals surface area contributed by atoms with Crippen LogP contribution < -0.4 is 10.2 Å². The molecule has 2 heterocycles. The number of barbiturate groups is 1. The van der Waals surface area contributed by atoms with E-state index in [0.29, 0.717) is 11.6 Å². The fraction of sp³-hybridized carbons (Fsp3) is 0.222. The van der Waals surface area contributed by atoms with Gasteiger partial charge >= 0.3 is 6.03 Å². The van der Waals surface area contributed by atoms with Crippen molar-refractivity contribution >= 4 is 52.2 Å². The molecule has 1 aliphatic rings. The second kappa shape index (κ2) is 9.21. The smallest absolute Gasteiger partial charge is 0.318 e. The van der Waals surface area contributed by atoms with Crippen LogP contribution in [0, 0.1) is 24.3 Å². The molecule has 34 heavy (non-hydrogen) atoms. The topological polar surface area (TPSA) is 71.4 Å². The summed E-state index contributed by atoms with van der Waals surface area (Å²) in [4.78, 5) is 39.5. The number of nitrogens with one attached hydrogen (secondary N) is 1. The highest BCUT2D eigenvalue weighted by Gasteiger charge is 2.37. The minimum Gasteiger partial charge on any atom is -0.318 e. The maximum atomic E-state index is 13.3. The molecule has 0 saturated carbocycles. The summed E-state index contributed by atoms with van der Waals surface area (Å²) in [6.45, 7) is 10.1. The van der Waals surface area contributed by atoms with Crippen molar-refractivity contribution in [3.8, 4) is 5.69 Å². The van der Waals surface area contributed by atoms with Crippen molar-refractivity contribution in [3.05, 3.63) is 85.8 Å². The normalized spacial score (nSPS) is 15.4. The van der Waals surface area contributed by atoms with E-state index in [9.17, 15) is 14.4 Å². The predicted molar refractivity (Wildman–Crippen MR) is 142 cm³/mol. The summed E-state index contributed by atoms with van der Waals surface area (Å²) in [7, 11) is 0. The molecule has 2 aromatic carbocycles. The first-order chi connectivity index (χ1) is 16.1. The molecule has 0 spiro atoms. The van der Waals surface area contributed by atoms with Crippen molar-refractivity contribution in [3.63, 3.8) is 0 Å². The van der Waals surface area contributed by atoms with Crippen LogP contribution >= 0.6 is 22.6 Å². The van der Waals surface area contributed by atoms with E-state index in [0.717, 1.165) is 33.1 Å². The minimum absolute atomic E-state index is 0.0772. The van der Waals surface area contributed by atoms with Gasteiger partial charge in [-0.05, 0) is 108 Å². The van der Waals surface area contributed by atoms with Gasteiger partial charge in [0.1, 0.15) is 5.57 Å². The van der Waals surface area contributed by atoms with Crippen LogP contribution in [0.1, 0.15) is 47.8 Å². The summed E-state index contributed by atoms with van der Waals surface area (Å²) in [6, 6.07) is 14.6. The molecule has 0 aliphatic carbocycles. The van der Waals surface area contributed by atoms with Gasteiger partial charge in [0.05, 0.1) is 5.69 Å². The Morgan fingerprint density at radius 2 is 1.56 bits per heavy atom. The Kier molecular flexibility index (Phi) is 6.49. The van der Waals surface area contributed by atoms with Gasteiger partial charge in [-0.2, -0.15) is 0 Å². The molecule has 1 saturated heterocycles. The first-order valence-corrected chi connectivity index (χ1v) is 12.1. The summed E-state index contributed by atoms with van der Waals surface area (Å²) in [5, 5.41) is 2.30. The van der Waals surface area contributed by atoms with E-state index in [1.165, 1.54) is 9.13 Å². The van der Waals surface area contributed by atoms with Crippen LogP contribution in [0.4, 0.5) is 10.5 Å². The van der Waals surface area contributed by atoms with Gasteiger partial charge in [0.25, 0.3) is 11.8 Å². The molecule has 0 bridgehead atoms. The number of aromatic nitrogens is 1. The van der Waals surface area contributed by atoms with Crippen LogP contribution in [0.5, 0.6) is 0 Å². The maximum Gasteiger partial charge on any atom is 0.335 e. The molecule has 1 fully saturated rings. The van der Waals surface area contributed by atoms with Gasteiger partial charge in [-0.1, -0.05) is 26.0 Å². The molecule has 4 amide bonds. The number of rotatable bonds is 4. The molecule has 3 aromatic rings. The molecule has 1 N–H and O–H groups in total. The number of nitrogens with zero attached hydrogens (tertiary/aromatic N) is 2. The first kappa shape index (κ1) is 23.9. The average Bonchev–Trinajstić information content (AvgIpc) is 3.06. The third kappa shape index (κ3) is 4.32. The number of amides is 4. The molecular weight excluding hydrogens is 541 g/mol. The molecule has 6 nitrogen and oxygen atoms in total. The molecule has 0 atom stereocenters. The summed E-state index contributed by atoms with van der Waals surface area (Å²) >= 11 is 2.30.